The molecule has 102 valence electrons. The maximum atomic E-state index is 11.1. The number of fused-ring (bicyclic) bond motifs is 1. The fraction of sp³-hybridized carbons (Fsp3) is 0.385. The van der Waals surface area contributed by atoms with Crippen LogP contribution in [0.15, 0.2) is 24.5 Å². The molecule has 0 fully saturated rings. The minimum atomic E-state index is -0.755. The molecule has 0 saturated carbocycles. The van der Waals surface area contributed by atoms with E-state index < -0.39 is 12.1 Å². The molecule has 0 bridgehead atoms. The Kier molecular flexibility index (Phi) is 4.01. The van der Waals surface area contributed by atoms with Crippen LogP contribution in [-0.4, -0.2) is 47.8 Å². The standard InChI is InChI=1S/C13H17N3O3/c1-16(7-10(17)6-13(18)19-2)9-3-4-11-12(5-9)15-8-14-11/h3-5,8,10,17H,6-7H2,1-2H3,(H,14,15). The molecular weight excluding hydrogens is 246 g/mol. The van der Waals surface area contributed by atoms with Crippen molar-refractivity contribution in [1.82, 2.24) is 9.97 Å². The van der Waals surface area contributed by atoms with E-state index in [0.717, 1.165) is 16.7 Å². The largest absolute Gasteiger partial charge is 0.469 e. The average Bonchev–Trinajstić information content (AvgIpc) is 2.85. The number of anilines is 1. The van der Waals surface area contributed by atoms with Crippen molar-refractivity contribution in [1.29, 1.82) is 0 Å². The van der Waals surface area contributed by atoms with Gasteiger partial charge < -0.3 is 19.7 Å². The van der Waals surface area contributed by atoms with Gasteiger partial charge in [0.05, 0.1) is 37.0 Å². The first-order valence-corrected chi connectivity index (χ1v) is 5.99. The predicted molar refractivity (Wildman–Crippen MR) is 72.0 cm³/mol. The second-order valence-corrected chi connectivity index (χ2v) is 4.42. The highest BCUT2D eigenvalue weighted by Gasteiger charge is 2.14. The fourth-order valence-electron chi connectivity index (χ4n) is 1.92. The summed E-state index contributed by atoms with van der Waals surface area (Å²) in [6.07, 6.45) is 0.878. The lowest BCUT2D eigenvalue weighted by Crippen LogP contribution is -2.30. The van der Waals surface area contributed by atoms with Gasteiger partial charge in [-0.1, -0.05) is 0 Å². The van der Waals surface area contributed by atoms with Crippen LogP contribution in [0.25, 0.3) is 11.0 Å². The van der Waals surface area contributed by atoms with Crippen molar-refractivity contribution in [3.63, 3.8) is 0 Å². The lowest BCUT2D eigenvalue weighted by Gasteiger charge is -2.22. The van der Waals surface area contributed by atoms with Crippen LogP contribution in [0.2, 0.25) is 0 Å². The first-order chi connectivity index (χ1) is 9.10. The quantitative estimate of drug-likeness (QED) is 0.784. The second kappa shape index (κ2) is 5.71. The number of nitrogens with one attached hydrogen (secondary N) is 1. The number of likely N-dealkylation sites (N-methyl/N-ethyl adjacent to an activating group) is 1. The van der Waals surface area contributed by atoms with Crippen molar-refractivity contribution < 1.29 is 14.6 Å². The first-order valence-electron chi connectivity index (χ1n) is 5.99. The fourth-order valence-corrected chi connectivity index (χ4v) is 1.92. The summed E-state index contributed by atoms with van der Waals surface area (Å²) in [5.74, 6) is -0.412. The maximum absolute atomic E-state index is 11.1. The molecule has 2 aromatic rings. The van der Waals surface area contributed by atoms with E-state index in [2.05, 4.69) is 14.7 Å². The Morgan fingerprint density at radius 1 is 1.58 bits per heavy atom. The minimum Gasteiger partial charge on any atom is -0.469 e. The number of H-pyrrole nitrogens is 1. The summed E-state index contributed by atoms with van der Waals surface area (Å²) in [4.78, 5) is 20.1. The van der Waals surface area contributed by atoms with Crippen LogP contribution >= 0.6 is 0 Å². The molecule has 1 unspecified atom stereocenters. The molecule has 2 N–H and O–H groups in total. The predicted octanol–water partition coefficient (Wildman–Crippen LogP) is 0.923. The van der Waals surface area contributed by atoms with E-state index in [1.807, 2.05) is 30.1 Å². The monoisotopic (exact) mass is 263 g/mol. The zero-order valence-electron chi connectivity index (χ0n) is 11.0. The van der Waals surface area contributed by atoms with Crippen LogP contribution in [0, 0.1) is 0 Å². The summed E-state index contributed by atoms with van der Waals surface area (Å²) < 4.78 is 4.52. The molecular formula is C13H17N3O3. The van der Waals surface area contributed by atoms with Crippen molar-refractivity contribution in [3.8, 4) is 0 Å². The smallest absolute Gasteiger partial charge is 0.308 e. The van der Waals surface area contributed by atoms with Crippen LogP contribution in [0.3, 0.4) is 0 Å². The molecule has 0 radical (unpaired) electrons. The molecule has 0 saturated heterocycles. The van der Waals surface area contributed by atoms with Crippen molar-refractivity contribution in [2.45, 2.75) is 12.5 Å². The van der Waals surface area contributed by atoms with Crippen LogP contribution in [-0.2, 0) is 9.53 Å². The number of esters is 1. The number of nitrogens with zero attached hydrogens (tertiary/aromatic N) is 2. The Balaban J connectivity index is 2.02. The van der Waals surface area contributed by atoms with Crippen LogP contribution in [0.4, 0.5) is 5.69 Å². The van der Waals surface area contributed by atoms with Gasteiger partial charge in [-0.2, -0.15) is 0 Å². The average molecular weight is 263 g/mol. The van der Waals surface area contributed by atoms with E-state index in [1.165, 1.54) is 7.11 Å². The third-order valence-electron chi connectivity index (χ3n) is 2.96. The summed E-state index contributed by atoms with van der Waals surface area (Å²) in [6, 6.07) is 5.78. The Bertz CT molecular complexity index is 567. The number of carbonyl (C=O) groups excluding carboxylic acids is 1. The number of hydrogen-bond donors (Lipinski definition) is 2. The molecule has 0 aliphatic rings. The number of aromatic nitrogens is 2. The molecule has 0 amide bonds. The Morgan fingerprint density at radius 3 is 3.11 bits per heavy atom. The summed E-state index contributed by atoms with van der Waals surface area (Å²) in [6.45, 7) is 0.356. The number of imidazole rings is 1. The van der Waals surface area contributed by atoms with E-state index in [9.17, 15) is 9.90 Å². The molecule has 1 aromatic carbocycles. The lowest BCUT2D eigenvalue weighted by atomic mass is 10.2. The van der Waals surface area contributed by atoms with Gasteiger partial charge in [0, 0.05) is 19.3 Å². The number of aliphatic hydroxyl groups excluding tert-OH is 1. The van der Waals surface area contributed by atoms with Gasteiger partial charge in [-0.15, -0.1) is 0 Å². The first kappa shape index (κ1) is 13.4. The molecule has 0 aliphatic carbocycles. The molecule has 1 atom stereocenters. The Morgan fingerprint density at radius 2 is 2.37 bits per heavy atom. The molecule has 1 aromatic heterocycles. The minimum absolute atomic E-state index is 0.00680. The Labute approximate surface area is 111 Å². The van der Waals surface area contributed by atoms with E-state index in [1.54, 1.807) is 6.33 Å². The van der Waals surface area contributed by atoms with E-state index in [-0.39, 0.29) is 6.42 Å². The van der Waals surface area contributed by atoms with Crippen LogP contribution in [0.5, 0.6) is 0 Å². The molecule has 2 rings (SSSR count). The summed E-state index contributed by atoms with van der Waals surface area (Å²) in [5.41, 5.74) is 2.78. The highest BCUT2D eigenvalue weighted by molar-refractivity contribution is 5.79. The lowest BCUT2D eigenvalue weighted by molar-refractivity contribution is -0.142. The van der Waals surface area contributed by atoms with Gasteiger partial charge in [0.25, 0.3) is 0 Å². The van der Waals surface area contributed by atoms with E-state index >= 15 is 0 Å². The number of carbonyl (C=O) groups is 1. The number of ether oxygens (including phenoxy) is 1. The van der Waals surface area contributed by atoms with E-state index in [4.69, 9.17) is 0 Å². The van der Waals surface area contributed by atoms with E-state index in [0.29, 0.717) is 6.54 Å². The van der Waals surface area contributed by atoms with Crippen LogP contribution in [0.1, 0.15) is 6.42 Å². The SMILES string of the molecule is COC(=O)CC(O)CN(C)c1ccc2nc[nH]c2c1. The van der Waals surface area contributed by atoms with Crippen LogP contribution < -0.4 is 4.90 Å². The number of hydrogen-bond acceptors (Lipinski definition) is 5. The third kappa shape index (κ3) is 3.23. The van der Waals surface area contributed by atoms with Gasteiger partial charge >= 0.3 is 5.97 Å². The van der Waals surface area contributed by atoms with Gasteiger partial charge in [-0.05, 0) is 18.2 Å². The molecule has 6 nitrogen and oxygen atoms in total. The molecule has 0 spiro atoms. The van der Waals surface area contributed by atoms with Crippen molar-refractivity contribution in [3.05, 3.63) is 24.5 Å². The van der Waals surface area contributed by atoms with Gasteiger partial charge in [-0.25, -0.2) is 4.98 Å². The highest BCUT2D eigenvalue weighted by Crippen LogP contribution is 2.19. The van der Waals surface area contributed by atoms with Gasteiger partial charge in [-0.3, -0.25) is 4.79 Å². The number of rotatable bonds is 5. The third-order valence-corrected chi connectivity index (χ3v) is 2.96. The zero-order valence-corrected chi connectivity index (χ0v) is 11.0. The summed E-state index contributed by atoms with van der Waals surface area (Å²) in [7, 11) is 3.17. The molecule has 0 aliphatic heterocycles. The number of methoxy groups -OCH3 is 1. The van der Waals surface area contributed by atoms with Gasteiger partial charge in [0.2, 0.25) is 0 Å². The number of aromatic amines is 1. The van der Waals surface area contributed by atoms with Crippen molar-refractivity contribution in [2.24, 2.45) is 0 Å². The van der Waals surface area contributed by atoms with Gasteiger partial charge in [0.15, 0.2) is 0 Å². The second-order valence-electron chi connectivity index (χ2n) is 4.42. The normalized spacial score (nSPS) is 12.4. The zero-order chi connectivity index (χ0) is 13.8. The summed E-state index contributed by atoms with van der Waals surface area (Å²) in [5, 5.41) is 9.79. The summed E-state index contributed by atoms with van der Waals surface area (Å²) >= 11 is 0. The molecule has 1 heterocycles. The molecule has 6 heteroatoms. The van der Waals surface area contributed by atoms with Crippen molar-refractivity contribution in [2.75, 3.05) is 25.6 Å². The molecule has 19 heavy (non-hydrogen) atoms. The topological polar surface area (TPSA) is 78.5 Å². The maximum Gasteiger partial charge on any atom is 0.308 e. The van der Waals surface area contributed by atoms with Gasteiger partial charge in [0.1, 0.15) is 0 Å². The number of benzene rings is 1. The number of aliphatic hydroxyl groups is 1. The Hall–Kier alpha value is -2.08. The van der Waals surface area contributed by atoms with Crippen molar-refractivity contribution >= 4 is 22.7 Å². The highest BCUT2D eigenvalue weighted by atomic mass is 16.5.